The topological polar surface area (TPSA) is 18.5 Å². The molecule has 0 N–H and O–H groups in total. The highest BCUT2D eigenvalue weighted by Crippen LogP contribution is 2.38. The molecule has 0 saturated carbocycles. The second-order valence-electron chi connectivity index (χ2n) is 11.1. The Morgan fingerprint density at radius 2 is 0.744 bits per heavy atom. The van der Waals surface area contributed by atoms with Crippen LogP contribution in [0.2, 0.25) is 13.1 Å². The van der Waals surface area contributed by atoms with Crippen molar-refractivity contribution in [3.63, 3.8) is 0 Å². The second kappa shape index (κ2) is 8.49. The molecular weight excluding hydrogens is 492 g/mol. The molecule has 2 nitrogen and oxygen atoms in total. The number of benzene rings is 8. The largest absolute Gasteiger partial charge is 0.390 e. The molecule has 0 aromatic heterocycles. The van der Waals surface area contributed by atoms with Crippen molar-refractivity contribution in [3.8, 4) is 0 Å². The number of rotatable bonds is 6. The van der Waals surface area contributed by atoms with Gasteiger partial charge in [0.1, 0.15) is 0 Å². The molecule has 3 heteroatoms. The van der Waals surface area contributed by atoms with Gasteiger partial charge >= 0.3 is 8.56 Å². The van der Waals surface area contributed by atoms with Gasteiger partial charge in [0, 0.05) is 0 Å². The van der Waals surface area contributed by atoms with Crippen LogP contribution in [0.4, 0.5) is 0 Å². The Morgan fingerprint density at radius 1 is 0.410 bits per heavy atom. The summed E-state index contributed by atoms with van der Waals surface area (Å²) in [5, 5.41) is 15.6. The summed E-state index contributed by atoms with van der Waals surface area (Å²) in [5.41, 5.74) is 2.43. The van der Waals surface area contributed by atoms with Gasteiger partial charge in [-0.25, -0.2) is 0 Å². The van der Waals surface area contributed by atoms with E-state index in [1.165, 1.54) is 75.8 Å². The van der Waals surface area contributed by atoms with Crippen LogP contribution in [-0.2, 0) is 22.1 Å². The predicted molar refractivity (Wildman–Crippen MR) is 167 cm³/mol. The lowest BCUT2D eigenvalue weighted by atomic mass is 9.92. The molecule has 8 aromatic carbocycles. The van der Waals surface area contributed by atoms with E-state index >= 15 is 0 Å². The fraction of sp³-hybridized carbons (Fsp3) is 0.111. The highest BCUT2D eigenvalue weighted by atomic mass is 28.4. The summed E-state index contributed by atoms with van der Waals surface area (Å²) in [6.07, 6.45) is 0. The van der Waals surface area contributed by atoms with Crippen LogP contribution in [-0.4, -0.2) is 8.56 Å². The van der Waals surface area contributed by atoms with E-state index in [0.29, 0.717) is 13.2 Å². The normalized spacial score (nSPS) is 12.8. The molecule has 0 aliphatic heterocycles. The summed E-state index contributed by atoms with van der Waals surface area (Å²) >= 11 is 0. The van der Waals surface area contributed by atoms with Gasteiger partial charge < -0.3 is 8.85 Å². The molecule has 188 valence electrons. The Hall–Kier alpha value is -4.02. The van der Waals surface area contributed by atoms with E-state index in [2.05, 4.69) is 122 Å². The van der Waals surface area contributed by atoms with Gasteiger partial charge in [-0.3, -0.25) is 0 Å². The van der Waals surface area contributed by atoms with Gasteiger partial charge in [-0.15, -0.1) is 0 Å². The molecule has 0 radical (unpaired) electrons. The smallest absolute Gasteiger partial charge is 0.332 e. The zero-order valence-corrected chi connectivity index (χ0v) is 23.1. The van der Waals surface area contributed by atoms with Crippen LogP contribution in [0.25, 0.3) is 64.6 Å². The highest BCUT2D eigenvalue weighted by molar-refractivity contribution is 6.64. The molecule has 8 aromatic rings. The first-order chi connectivity index (χ1) is 19.1. The molecule has 0 bridgehead atoms. The summed E-state index contributed by atoms with van der Waals surface area (Å²) in [4.78, 5) is 0. The Bertz CT molecular complexity index is 1970. The molecule has 0 unspecified atom stereocenters. The van der Waals surface area contributed by atoms with E-state index in [4.69, 9.17) is 8.85 Å². The minimum atomic E-state index is -2.40. The van der Waals surface area contributed by atoms with Crippen LogP contribution in [0.5, 0.6) is 0 Å². The van der Waals surface area contributed by atoms with Crippen LogP contribution >= 0.6 is 0 Å². The molecule has 8 rings (SSSR count). The van der Waals surface area contributed by atoms with Crippen LogP contribution in [0.1, 0.15) is 11.1 Å². The minimum Gasteiger partial charge on any atom is -0.390 e. The highest BCUT2D eigenvalue weighted by Gasteiger charge is 2.26. The van der Waals surface area contributed by atoms with Crippen molar-refractivity contribution in [2.75, 3.05) is 0 Å². The second-order valence-corrected chi connectivity index (χ2v) is 14.5. The first-order valence-corrected chi connectivity index (χ1v) is 16.5. The van der Waals surface area contributed by atoms with E-state index in [1.807, 2.05) is 0 Å². The Labute approximate surface area is 228 Å². The number of hydrogen-bond donors (Lipinski definition) is 0. The summed E-state index contributed by atoms with van der Waals surface area (Å²) in [6.45, 7) is 5.40. The van der Waals surface area contributed by atoms with Crippen molar-refractivity contribution in [1.29, 1.82) is 0 Å². The molecule has 0 saturated heterocycles. The number of hydrogen-bond acceptors (Lipinski definition) is 2. The van der Waals surface area contributed by atoms with Crippen LogP contribution < -0.4 is 0 Å². The lowest BCUT2D eigenvalue weighted by Gasteiger charge is -2.24. The van der Waals surface area contributed by atoms with E-state index in [-0.39, 0.29) is 0 Å². The third-order valence-electron chi connectivity index (χ3n) is 8.39. The maximum atomic E-state index is 6.57. The molecule has 39 heavy (non-hydrogen) atoms. The van der Waals surface area contributed by atoms with E-state index in [0.717, 1.165) is 0 Å². The van der Waals surface area contributed by atoms with Crippen molar-refractivity contribution in [1.82, 2.24) is 0 Å². The Morgan fingerprint density at radius 3 is 1.15 bits per heavy atom. The van der Waals surface area contributed by atoms with Gasteiger partial charge in [0.25, 0.3) is 0 Å². The molecule has 0 atom stereocenters. The van der Waals surface area contributed by atoms with Crippen LogP contribution in [0.15, 0.2) is 109 Å². The first kappa shape index (κ1) is 22.9. The predicted octanol–water partition coefficient (Wildman–Crippen LogP) is 9.92. The molecule has 0 amide bonds. The summed E-state index contributed by atoms with van der Waals surface area (Å²) in [5.74, 6) is 0. The van der Waals surface area contributed by atoms with Gasteiger partial charge in [0.15, 0.2) is 0 Å². The fourth-order valence-electron chi connectivity index (χ4n) is 6.39. The summed E-state index contributed by atoms with van der Waals surface area (Å²) in [6, 6.07) is 39.9. The third-order valence-corrected chi connectivity index (χ3v) is 10.1. The van der Waals surface area contributed by atoms with Gasteiger partial charge in [-0.1, -0.05) is 109 Å². The van der Waals surface area contributed by atoms with Crippen molar-refractivity contribution >= 4 is 73.2 Å². The van der Waals surface area contributed by atoms with Crippen molar-refractivity contribution in [3.05, 3.63) is 120 Å². The van der Waals surface area contributed by atoms with Gasteiger partial charge in [-0.2, -0.15) is 0 Å². The van der Waals surface area contributed by atoms with Crippen molar-refractivity contribution < 1.29 is 8.85 Å². The molecule has 0 aliphatic rings. The van der Waals surface area contributed by atoms with Crippen molar-refractivity contribution in [2.45, 2.75) is 26.3 Å². The van der Waals surface area contributed by atoms with E-state index < -0.39 is 8.56 Å². The SMILES string of the molecule is C[Si](C)(OCc1ccc2ccc3cccc4ccc1c2c34)OCc1ccc2ccc3cccc4ccc1c2c34. The lowest BCUT2D eigenvalue weighted by Crippen LogP contribution is -2.34. The molecule has 0 spiro atoms. The minimum absolute atomic E-state index is 0.547. The quantitative estimate of drug-likeness (QED) is 0.160. The van der Waals surface area contributed by atoms with Gasteiger partial charge in [0.2, 0.25) is 0 Å². The Balaban J connectivity index is 1.09. The van der Waals surface area contributed by atoms with Crippen LogP contribution in [0, 0.1) is 0 Å². The molecular formula is C36H28O2Si. The van der Waals surface area contributed by atoms with E-state index in [9.17, 15) is 0 Å². The van der Waals surface area contributed by atoms with Gasteiger partial charge in [0.05, 0.1) is 13.2 Å². The summed E-state index contributed by atoms with van der Waals surface area (Å²) < 4.78 is 13.1. The standard InChI is InChI=1S/C36H28O2Si/c1-39(2,37-21-29-15-13-27-11-9-23-5-3-7-25-17-19-31(29)35(27)33(23)25)38-22-30-16-14-28-12-10-24-6-4-8-26-18-20-32(30)36(28)34(24)26/h3-20H,21-22H2,1-2H3. The fourth-order valence-corrected chi connectivity index (χ4v) is 7.48. The molecule has 0 fully saturated rings. The molecule has 0 heterocycles. The van der Waals surface area contributed by atoms with Gasteiger partial charge in [-0.05, 0) is 88.9 Å². The molecule has 0 aliphatic carbocycles. The first-order valence-electron chi connectivity index (χ1n) is 13.6. The third kappa shape index (κ3) is 3.62. The lowest BCUT2D eigenvalue weighted by molar-refractivity contribution is 0.165. The average Bonchev–Trinajstić information content (AvgIpc) is 2.97. The zero-order valence-electron chi connectivity index (χ0n) is 22.1. The van der Waals surface area contributed by atoms with E-state index in [1.54, 1.807) is 0 Å². The van der Waals surface area contributed by atoms with Crippen LogP contribution in [0.3, 0.4) is 0 Å². The van der Waals surface area contributed by atoms with Crippen molar-refractivity contribution in [2.24, 2.45) is 0 Å². The maximum Gasteiger partial charge on any atom is 0.332 e. The average molecular weight is 521 g/mol. The maximum absolute atomic E-state index is 6.57. The Kier molecular flexibility index (Phi) is 4.99. The zero-order chi connectivity index (χ0) is 26.1. The summed E-state index contributed by atoms with van der Waals surface area (Å²) in [7, 11) is -2.40. The monoisotopic (exact) mass is 520 g/mol.